The number of nitrogen functional groups attached to an aromatic ring is 1. The third-order valence-electron chi connectivity index (χ3n) is 2.85. The number of carbonyl (C=O) groups excluding carboxylic acids is 5. The second-order valence-corrected chi connectivity index (χ2v) is 12.2. The van der Waals surface area contributed by atoms with Crippen LogP contribution < -0.4 is 11.1 Å². The lowest BCUT2D eigenvalue weighted by atomic mass is 10.2. The fraction of sp³-hybridized carbons (Fsp3) is 0.522. The van der Waals surface area contributed by atoms with Crippen molar-refractivity contribution in [3.63, 3.8) is 0 Å². The van der Waals surface area contributed by atoms with Crippen molar-refractivity contribution >= 4 is 63.9 Å². The molecule has 0 aliphatic carbocycles. The van der Waals surface area contributed by atoms with Crippen molar-refractivity contribution in [3.8, 4) is 0 Å². The molecule has 2 aromatic heterocycles. The highest BCUT2D eigenvalue weighted by Crippen LogP contribution is 2.17. The molecule has 0 spiro atoms. The maximum Gasteiger partial charge on any atom is 0.519 e. The molecule has 0 atom stereocenters. The minimum absolute atomic E-state index is 0.353. The average molecular weight is 575 g/mol. The molecule has 15 heteroatoms. The Morgan fingerprint density at radius 3 is 1.50 bits per heavy atom. The van der Waals surface area contributed by atoms with Gasteiger partial charge < -0.3 is 24.7 Å². The van der Waals surface area contributed by atoms with Crippen LogP contribution in [0, 0.1) is 0 Å². The Hall–Kier alpha value is -3.59. The summed E-state index contributed by atoms with van der Waals surface area (Å²) in [6.45, 7) is 15.3. The summed E-state index contributed by atoms with van der Waals surface area (Å²) in [5, 5.41) is 3.23. The van der Waals surface area contributed by atoms with Crippen molar-refractivity contribution in [1.82, 2.24) is 9.97 Å². The molecule has 0 saturated heterocycles. The number of nitrogens with two attached hydrogens (primary N) is 1. The third-order valence-corrected chi connectivity index (χ3v) is 4.44. The molecule has 2 rings (SSSR count). The molecule has 0 unspecified atom stereocenters. The van der Waals surface area contributed by atoms with Crippen LogP contribution in [-0.2, 0) is 18.9 Å². The van der Waals surface area contributed by atoms with Gasteiger partial charge in [0, 0.05) is 0 Å². The predicted octanol–water partition coefficient (Wildman–Crippen LogP) is 5.71. The van der Waals surface area contributed by atoms with Crippen molar-refractivity contribution in [2.24, 2.45) is 0 Å². The summed E-state index contributed by atoms with van der Waals surface area (Å²) < 4.78 is 18.8. The maximum absolute atomic E-state index is 11.3. The summed E-state index contributed by atoms with van der Waals surface area (Å²) in [6, 6.07) is 0. The molecule has 0 bridgehead atoms. The zero-order valence-corrected chi connectivity index (χ0v) is 24.4. The summed E-state index contributed by atoms with van der Waals surface area (Å²) in [7, 11) is 0. The lowest BCUT2D eigenvalue weighted by molar-refractivity contribution is -0.0294. The average Bonchev–Trinajstić information content (AvgIpc) is 3.32. The highest BCUT2D eigenvalue weighted by atomic mass is 32.1. The summed E-state index contributed by atoms with van der Waals surface area (Å²) in [5.41, 5.74) is 3.27. The van der Waals surface area contributed by atoms with Gasteiger partial charge in [-0.2, -0.15) is 0 Å². The van der Waals surface area contributed by atoms with Crippen LogP contribution in [0.3, 0.4) is 0 Å². The molecule has 0 radical (unpaired) electrons. The monoisotopic (exact) mass is 574 g/mol. The lowest BCUT2D eigenvalue weighted by Gasteiger charge is -2.20. The fourth-order valence-electron chi connectivity index (χ4n) is 1.75. The first kappa shape index (κ1) is 34.4. The molecular formula is C23H34N4O9S2. The SMILES string of the molecule is CC(C)(C)OC(=O)Nc1ncc(C=O)s1.CC(C)(C)OC(=O)OC(=O)OC(C)(C)C.Nc1ncc(C=O)s1. The Balaban J connectivity index is 0.000000565. The summed E-state index contributed by atoms with van der Waals surface area (Å²) in [4.78, 5) is 62.1. The molecule has 2 heterocycles. The molecule has 0 aliphatic rings. The number of hydrogen-bond donors (Lipinski definition) is 2. The standard InChI is InChI=1S/C10H18O5.C9H12N2O3S.C4H4N2OS/c1-9(2,3)14-7(11)13-8(12)15-10(4,5)6;1-9(2,3)14-8(13)11-7-10-4-6(5-12)15-7;5-4-6-1-3(2-7)8-4/h1-6H3;4-5H,1-3H3,(H,10,11,13);1-2H,(H2,5,6). The number of aldehydes is 2. The zero-order valence-electron chi connectivity index (χ0n) is 22.8. The normalized spacial score (nSPS) is 10.9. The van der Waals surface area contributed by atoms with Crippen LogP contribution in [0.2, 0.25) is 0 Å². The third kappa shape index (κ3) is 18.6. The molecule has 0 fully saturated rings. The number of carbonyl (C=O) groups is 5. The van der Waals surface area contributed by atoms with Gasteiger partial charge in [0.2, 0.25) is 0 Å². The van der Waals surface area contributed by atoms with Crippen molar-refractivity contribution in [1.29, 1.82) is 0 Å². The van der Waals surface area contributed by atoms with E-state index in [9.17, 15) is 24.0 Å². The van der Waals surface area contributed by atoms with Crippen molar-refractivity contribution < 1.29 is 42.9 Å². The van der Waals surface area contributed by atoms with E-state index in [1.165, 1.54) is 23.7 Å². The van der Waals surface area contributed by atoms with E-state index in [2.05, 4.69) is 20.0 Å². The summed E-state index contributed by atoms with van der Waals surface area (Å²) in [6.07, 6.45) is 1.56. The number of nitrogens with zero attached hydrogens (tertiary/aromatic N) is 2. The number of rotatable bonds is 3. The molecular weight excluding hydrogens is 540 g/mol. The zero-order chi connectivity index (χ0) is 29.7. The van der Waals surface area contributed by atoms with E-state index in [1.54, 1.807) is 62.3 Å². The van der Waals surface area contributed by atoms with Crippen LogP contribution in [0.4, 0.5) is 24.6 Å². The fourth-order valence-corrected chi connectivity index (χ4v) is 2.87. The Bertz CT molecular complexity index is 1050. The van der Waals surface area contributed by atoms with Crippen LogP contribution in [-0.4, -0.2) is 57.7 Å². The summed E-state index contributed by atoms with van der Waals surface area (Å²) in [5.74, 6) is 0. The van der Waals surface area contributed by atoms with Gasteiger partial charge >= 0.3 is 18.4 Å². The van der Waals surface area contributed by atoms with E-state index in [4.69, 9.17) is 19.9 Å². The Morgan fingerprint density at radius 1 is 0.763 bits per heavy atom. The molecule has 212 valence electrons. The number of ether oxygens (including phenoxy) is 4. The van der Waals surface area contributed by atoms with E-state index in [-0.39, 0.29) is 0 Å². The van der Waals surface area contributed by atoms with Gasteiger partial charge in [0.05, 0.1) is 22.1 Å². The van der Waals surface area contributed by atoms with Crippen molar-refractivity contribution in [2.45, 2.75) is 79.1 Å². The first-order chi connectivity index (χ1) is 17.2. The van der Waals surface area contributed by atoms with Gasteiger partial charge in [-0.1, -0.05) is 22.7 Å². The van der Waals surface area contributed by atoms with Gasteiger partial charge in [-0.05, 0) is 62.3 Å². The number of aromatic nitrogens is 2. The predicted molar refractivity (Wildman–Crippen MR) is 143 cm³/mol. The van der Waals surface area contributed by atoms with Gasteiger partial charge in [-0.25, -0.2) is 24.4 Å². The smallest absolute Gasteiger partial charge is 0.444 e. The number of hydrogen-bond acceptors (Lipinski definition) is 14. The number of nitrogens with one attached hydrogen (secondary N) is 1. The maximum atomic E-state index is 11.3. The highest BCUT2D eigenvalue weighted by molar-refractivity contribution is 7.17. The quantitative estimate of drug-likeness (QED) is 0.197. The summed E-state index contributed by atoms with van der Waals surface area (Å²) >= 11 is 2.28. The molecule has 1 amide bonds. The largest absolute Gasteiger partial charge is 0.519 e. The first-order valence-electron chi connectivity index (χ1n) is 10.9. The second-order valence-electron chi connectivity index (χ2n) is 10.1. The van der Waals surface area contributed by atoms with Crippen molar-refractivity contribution in [2.75, 3.05) is 11.1 Å². The van der Waals surface area contributed by atoms with Gasteiger partial charge in [-0.15, -0.1) is 0 Å². The Morgan fingerprint density at radius 2 is 1.18 bits per heavy atom. The molecule has 0 aliphatic heterocycles. The van der Waals surface area contributed by atoms with Crippen molar-refractivity contribution in [3.05, 3.63) is 22.1 Å². The number of amides is 1. The molecule has 0 saturated carbocycles. The highest BCUT2D eigenvalue weighted by Gasteiger charge is 2.24. The first-order valence-corrected chi connectivity index (χ1v) is 12.6. The number of thiazole rings is 2. The van der Waals surface area contributed by atoms with E-state index >= 15 is 0 Å². The molecule has 0 aromatic carbocycles. The van der Waals surface area contributed by atoms with Crippen LogP contribution in [0.15, 0.2) is 12.4 Å². The van der Waals surface area contributed by atoms with E-state index in [0.29, 0.717) is 26.3 Å². The van der Waals surface area contributed by atoms with E-state index in [1.807, 2.05) is 0 Å². The lowest BCUT2D eigenvalue weighted by Crippen LogP contribution is -2.29. The van der Waals surface area contributed by atoms with Gasteiger partial charge in [0.1, 0.15) is 16.8 Å². The Kier molecular flexibility index (Phi) is 13.6. The number of anilines is 2. The van der Waals surface area contributed by atoms with Crippen LogP contribution in [0.1, 0.15) is 81.7 Å². The van der Waals surface area contributed by atoms with Crippen LogP contribution in [0.25, 0.3) is 0 Å². The van der Waals surface area contributed by atoms with Gasteiger partial charge in [0.25, 0.3) is 0 Å². The topological polar surface area (TPSA) is 186 Å². The Labute approximate surface area is 229 Å². The van der Waals surface area contributed by atoms with E-state index < -0.39 is 35.2 Å². The van der Waals surface area contributed by atoms with Crippen LogP contribution in [0.5, 0.6) is 0 Å². The molecule has 38 heavy (non-hydrogen) atoms. The van der Waals surface area contributed by atoms with Gasteiger partial charge in [0.15, 0.2) is 22.8 Å². The molecule has 2 aromatic rings. The minimum Gasteiger partial charge on any atom is -0.444 e. The van der Waals surface area contributed by atoms with E-state index in [0.717, 1.165) is 17.6 Å². The van der Waals surface area contributed by atoms with Gasteiger partial charge in [-0.3, -0.25) is 14.9 Å². The molecule has 13 nitrogen and oxygen atoms in total. The molecule has 3 N–H and O–H groups in total. The second kappa shape index (κ2) is 15.0. The minimum atomic E-state index is -1.06. The van der Waals surface area contributed by atoms with Crippen LogP contribution >= 0.6 is 22.7 Å².